The first-order valence-electron chi connectivity index (χ1n) is 8.16. The molecule has 0 spiro atoms. The largest absolute Gasteiger partial charge is 0.384 e. The molecule has 1 saturated heterocycles. The number of hydrogen-bond acceptors (Lipinski definition) is 5. The van der Waals surface area contributed by atoms with Gasteiger partial charge >= 0.3 is 0 Å². The van der Waals surface area contributed by atoms with Crippen molar-refractivity contribution in [1.82, 2.24) is 14.9 Å². The molecule has 1 aliphatic rings. The molecule has 2 N–H and O–H groups in total. The summed E-state index contributed by atoms with van der Waals surface area (Å²) in [5.41, 5.74) is 8.37. The van der Waals surface area contributed by atoms with Crippen LogP contribution >= 0.6 is 0 Å². The minimum absolute atomic E-state index is 0.0176. The molecule has 0 aromatic carbocycles. The SMILES string of the molecule is Cc1ccc(C(=O)N2CCOC(CCc3ccnc(N)c3)C2)cn1. The van der Waals surface area contributed by atoms with E-state index >= 15 is 0 Å². The zero-order valence-corrected chi connectivity index (χ0v) is 13.8. The number of amides is 1. The van der Waals surface area contributed by atoms with Crippen molar-refractivity contribution in [2.24, 2.45) is 0 Å². The summed E-state index contributed by atoms with van der Waals surface area (Å²) in [6, 6.07) is 7.53. The van der Waals surface area contributed by atoms with Crippen LogP contribution in [0.2, 0.25) is 0 Å². The Morgan fingerprint density at radius 2 is 2.25 bits per heavy atom. The van der Waals surface area contributed by atoms with Crippen LogP contribution in [0.15, 0.2) is 36.7 Å². The molecule has 1 aliphatic heterocycles. The summed E-state index contributed by atoms with van der Waals surface area (Å²) in [5.74, 6) is 0.546. The van der Waals surface area contributed by atoms with Crippen molar-refractivity contribution < 1.29 is 9.53 Å². The molecule has 0 saturated carbocycles. The van der Waals surface area contributed by atoms with Gasteiger partial charge in [-0.3, -0.25) is 9.78 Å². The van der Waals surface area contributed by atoms with Gasteiger partial charge in [0.2, 0.25) is 0 Å². The van der Waals surface area contributed by atoms with Crippen LogP contribution in [0.1, 0.15) is 28.0 Å². The number of hydrogen-bond donors (Lipinski definition) is 1. The van der Waals surface area contributed by atoms with E-state index in [1.165, 1.54) is 0 Å². The molecule has 126 valence electrons. The Labute approximate surface area is 141 Å². The number of carbonyl (C=O) groups excluding carboxylic acids is 1. The quantitative estimate of drug-likeness (QED) is 0.927. The summed E-state index contributed by atoms with van der Waals surface area (Å²) in [5, 5.41) is 0. The summed E-state index contributed by atoms with van der Waals surface area (Å²) >= 11 is 0. The number of nitrogens with two attached hydrogens (primary N) is 1. The molecular formula is C18H22N4O2. The lowest BCUT2D eigenvalue weighted by molar-refractivity contribution is -0.0246. The van der Waals surface area contributed by atoms with Crippen LogP contribution in [-0.2, 0) is 11.2 Å². The third-order valence-electron chi connectivity index (χ3n) is 4.18. The molecule has 3 heterocycles. The highest BCUT2D eigenvalue weighted by Gasteiger charge is 2.25. The molecule has 0 aliphatic carbocycles. The van der Waals surface area contributed by atoms with E-state index in [4.69, 9.17) is 10.5 Å². The molecule has 1 amide bonds. The molecular weight excluding hydrogens is 304 g/mol. The van der Waals surface area contributed by atoms with Crippen molar-refractivity contribution in [2.75, 3.05) is 25.4 Å². The number of anilines is 1. The lowest BCUT2D eigenvalue weighted by Crippen LogP contribution is -2.45. The van der Waals surface area contributed by atoms with E-state index < -0.39 is 0 Å². The van der Waals surface area contributed by atoms with Crippen molar-refractivity contribution in [3.05, 3.63) is 53.5 Å². The van der Waals surface area contributed by atoms with Gasteiger partial charge in [-0.15, -0.1) is 0 Å². The Morgan fingerprint density at radius 3 is 3.00 bits per heavy atom. The van der Waals surface area contributed by atoms with E-state index in [-0.39, 0.29) is 12.0 Å². The van der Waals surface area contributed by atoms with Crippen LogP contribution in [0.5, 0.6) is 0 Å². The van der Waals surface area contributed by atoms with Crippen LogP contribution in [0.25, 0.3) is 0 Å². The third kappa shape index (κ3) is 4.08. The predicted molar refractivity (Wildman–Crippen MR) is 91.6 cm³/mol. The van der Waals surface area contributed by atoms with Gasteiger partial charge in [0.1, 0.15) is 5.82 Å². The van der Waals surface area contributed by atoms with Crippen molar-refractivity contribution >= 4 is 11.7 Å². The molecule has 1 atom stereocenters. The molecule has 2 aromatic heterocycles. The van der Waals surface area contributed by atoms with Crippen molar-refractivity contribution in [1.29, 1.82) is 0 Å². The van der Waals surface area contributed by atoms with Gasteiger partial charge in [0, 0.05) is 31.2 Å². The van der Waals surface area contributed by atoms with E-state index in [1.807, 2.05) is 36.1 Å². The number of pyridine rings is 2. The Kier molecular flexibility index (Phi) is 5.05. The van der Waals surface area contributed by atoms with Crippen LogP contribution < -0.4 is 5.73 Å². The van der Waals surface area contributed by atoms with Gasteiger partial charge in [-0.25, -0.2) is 4.98 Å². The van der Waals surface area contributed by atoms with E-state index in [0.29, 0.717) is 31.1 Å². The first-order valence-corrected chi connectivity index (χ1v) is 8.16. The summed E-state index contributed by atoms with van der Waals surface area (Å²) in [4.78, 5) is 22.6. The molecule has 2 aromatic rings. The zero-order chi connectivity index (χ0) is 16.9. The second-order valence-corrected chi connectivity index (χ2v) is 6.06. The molecule has 1 unspecified atom stereocenters. The minimum atomic E-state index is 0.0176. The average molecular weight is 326 g/mol. The highest BCUT2D eigenvalue weighted by atomic mass is 16.5. The molecule has 1 fully saturated rings. The Balaban J connectivity index is 1.57. The summed E-state index contributed by atoms with van der Waals surface area (Å²) < 4.78 is 5.81. The molecule has 6 heteroatoms. The van der Waals surface area contributed by atoms with E-state index in [1.54, 1.807) is 12.4 Å². The fourth-order valence-electron chi connectivity index (χ4n) is 2.83. The number of nitrogens with zero attached hydrogens (tertiary/aromatic N) is 3. The van der Waals surface area contributed by atoms with Crippen molar-refractivity contribution in [3.8, 4) is 0 Å². The Bertz CT molecular complexity index is 702. The molecule has 6 nitrogen and oxygen atoms in total. The minimum Gasteiger partial charge on any atom is -0.384 e. The zero-order valence-electron chi connectivity index (χ0n) is 13.8. The smallest absolute Gasteiger partial charge is 0.255 e. The van der Waals surface area contributed by atoms with E-state index in [9.17, 15) is 4.79 Å². The monoisotopic (exact) mass is 326 g/mol. The van der Waals surface area contributed by atoms with Crippen molar-refractivity contribution in [2.45, 2.75) is 25.9 Å². The maximum absolute atomic E-state index is 12.6. The highest BCUT2D eigenvalue weighted by Crippen LogP contribution is 2.15. The maximum atomic E-state index is 12.6. The fourth-order valence-corrected chi connectivity index (χ4v) is 2.83. The number of carbonyl (C=O) groups is 1. The molecule has 0 bridgehead atoms. The number of aryl methyl sites for hydroxylation is 2. The number of morpholine rings is 1. The predicted octanol–water partition coefficient (Wildman–Crippen LogP) is 1.84. The summed E-state index contributed by atoms with van der Waals surface area (Å²) in [7, 11) is 0. The molecule has 24 heavy (non-hydrogen) atoms. The maximum Gasteiger partial charge on any atom is 0.255 e. The first-order chi connectivity index (χ1) is 11.6. The lowest BCUT2D eigenvalue weighted by atomic mass is 10.1. The molecule has 3 rings (SSSR count). The fraction of sp³-hybridized carbons (Fsp3) is 0.389. The number of nitrogen functional groups attached to an aromatic ring is 1. The normalized spacial score (nSPS) is 17.7. The van der Waals surface area contributed by atoms with Gasteiger partial charge in [-0.1, -0.05) is 0 Å². The lowest BCUT2D eigenvalue weighted by Gasteiger charge is -2.33. The van der Waals surface area contributed by atoms with Crippen LogP contribution in [0, 0.1) is 6.92 Å². The topological polar surface area (TPSA) is 81.3 Å². The standard InChI is InChI=1S/C18H22N4O2/c1-13-2-4-15(11-21-13)18(23)22-8-9-24-16(12-22)5-3-14-6-7-20-17(19)10-14/h2,4,6-7,10-11,16H,3,5,8-9,12H2,1H3,(H2,19,20). The van der Waals surface area contributed by atoms with Gasteiger partial charge < -0.3 is 15.4 Å². The highest BCUT2D eigenvalue weighted by molar-refractivity contribution is 5.94. The van der Waals surface area contributed by atoms with E-state index in [2.05, 4.69) is 9.97 Å². The van der Waals surface area contributed by atoms with Gasteiger partial charge in [-0.2, -0.15) is 0 Å². The Hall–Kier alpha value is -2.47. The Morgan fingerprint density at radius 1 is 1.38 bits per heavy atom. The van der Waals surface area contributed by atoms with Gasteiger partial charge in [0.15, 0.2) is 0 Å². The summed E-state index contributed by atoms with van der Waals surface area (Å²) in [6.45, 7) is 3.69. The first kappa shape index (κ1) is 16.4. The number of aromatic nitrogens is 2. The van der Waals surface area contributed by atoms with Crippen LogP contribution in [-0.4, -0.2) is 46.6 Å². The van der Waals surface area contributed by atoms with E-state index in [0.717, 1.165) is 24.1 Å². The number of rotatable bonds is 4. The number of ether oxygens (including phenoxy) is 1. The summed E-state index contributed by atoms with van der Waals surface area (Å²) in [6.07, 6.45) is 5.09. The van der Waals surface area contributed by atoms with Crippen molar-refractivity contribution in [3.63, 3.8) is 0 Å². The van der Waals surface area contributed by atoms with Gasteiger partial charge in [0.25, 0.3) is 5.91 Å². The van der Waals surface area contributed by atoms with Crippen LogP contribution in [0.4, 0.5) is 5.82 Å². The molecule has 0 radical (unpaired) electrons. The second kappa shape index (κ2) is 7.40. The van der Waals surface area contributed by atoms with Gasteiger partial charge in [0.05, 0.1) is 18.3 Å². The second-order valence-electron chi connectivity index (χ2n) is 6.06. The van der Waals surface area contributed by atoms with Crippen LogP contribution in [0.3, 0.4) is 0 Å². The average Bonchev–Trinajstić information content (AvgIpc) is 2.60. The third-order valence-corrected chi connectivity index (χ3v) is 4.18. The van der Waals surface area contributed by atoms with Gasteiger partial charge in [-0.05, 0) is 49.6 Å².